The molecule has 2 rings (SSSR count). The maximum absolute atomic E-state index is 12.3. The Morgan fingerprint density at radius 2 is 1.89 bits per heavy atom. The van der Waals surface area contributed by atoms with Crippen LogP contribution in [-0.4, -0.2) is 48.7 Å². The van der Waals surface area contributed by atoms with Crippen molar-refractivity contribution >= 4 is 11.6 Å². The molecular weight excluding hydrogens is 240 g/mol. The van der Waals surface area contributed by atoms with Gasteiger partial charge in [-0.2, -0.15) is 0 Å². The Bertz CT molecular complexity index is 442. The number of hydrogen-bond donors (Lipinski definition) is 1. The Morgan fingerprint density at radius 1 is 1.26 bits per heavy atom. The van der Waals surface area contributed by atoms with Gasteiger partial charge >= 0.3 is 0 Å². The molecular formula is C15H22N2O2. The molecule has 1 fully saturated rings. The lowest BCUT2D eigenvalue weighted by Gasteiger charge is -2.37. The smallest absolute Gasteiger partial charge is 0.246 e. The van der Waals surface area contributed by atoms with Gasteiger partial charge in [-0.15, -0.1) is 0 Å². The largest absolute Gasteiger partial charge is 0.394 e. The zero-order valence-corrected chi connectivity index (χ0v) is 11.8. The second-order valence-corrected chi connectivity index (χ2v) is 5.42. The molecule has 1 N–H and O–H groups in total. The van der Waals surface area contributed by atoms with E-state index < -0.39 is 6.04 Å². The van der Waals surface area contributed by atoms with Crippen LogP contribution in [0, 0.1) is 0 Å². The monoisotopic (exact) mass is 262 g/mol. The minimum atomic E-state index is -0.418. The molecule has 1 saturated heterocycles. The highest BCUT2D eigenvalue weighted by molar-refractivity contribution is 5.98. The Balaban J connectivity index is 2.19. The molecule has 1 heterocycles. The fourth-order valence-electron chi connectivity index (χ4n) is 2.41. The summed E-state index contributed by atoms with van der Waals surface area (Å²) in [6.45, 7) is 5.63. The summed E-state index contributed by atoms with van der Waals surface area (Å²) in [6, 6.07) is 7.71. The van der Waals surface area contributed by atoms with E-state index in [4.69, 9.17) is 0 Å². The van der Waals surface area contributed by atoms with E-state index in [0.29, 0.717) is 12.5 Å². The second-order valence-electron chi connectivity index (χ2n) is 5.42. The molecule has 1 amide bonds. The number of aliphatic hydroxyl groups is 1. The zero-order chi connectivity index (χ0) is 14.0. The van der Waals surface area contributed by atoms with Gasteiger partial charge in [0.1, 0.15) is 6.04 Å². The van der Waals surface area contributed by atoms with E-state index in [9.17, 15) is 9.90 Å². The molecule has 1 aromatic carbocycles. The van der Waals surface area contributed by atoms with Gasteiger partial charge in [-0.25, -0.2) is 0 Å². The van der Waals surface area contributed by atoms with Gasteiger partial charge in [0.15, 0.2) is 0 Å². The minimum Gasteiger partial charge on any atom is -0.394 e. The first-order chi connectivity index (χ1) is 9.04. The van der Waals surface area contributed by atoms with Gasteiger partial charge < -0.3 is 10.0 Å². The van der Waals surface area contributed by atoms with Crippen molar-refractivity contribution in [1.82, 2.24) is 4.90 Å². The maximum atomic E-state index is 12.3. The highest BCUT2D eigenvalue weighted by Gasteiger charge is 2.32. The first-order valence-electron chi connectivity index (χ1n) is 6.77. The topological polar surface area (TPSA) is 43.8 Å². The van der Waals surface area contributed by atoms with Crippen molar-refractivity contribution in [3.63, 3.8) is 0 Å². The summed E-state index contributed by atoms with van der Waals surface area (Å²) in [5.41, 5.74) is 2.19. The number of rotatable bonds is 3. The fourth-order valence-corrected chi connectivity index (χ4v) is 2.41. The van der Waals surface area contributed by atoms with E-state index in [2.05, 4.69) is 26.0 Å². The van der Waals surface area contributed by atoms with E-state index in [1.165, 1.54) is 5.56 Å². The number of piperazine rings is 1. The van der Waals surface area contributed by atoms with Crippen LogP contribution >= 0.6 is 0 Å². The summed E-state index contributed by atoms with van der Waals surface area (Å²) >= 11 is 0. The first-order valence-corrected chi connectivity index (χ1v) is 6.77. The van der Waals surface area contributed by atoms with Crippen molar-refractivity contribution < 1.29 is 9.90 Å². The van der Waals surface area contributed by atoms with Crippen LogP contribution in [0.2, 0.25) is 0 Å². The van der Waals surface area contributed by atoms with Crippen LogP contribution in [0.5, 0.6) is 0 Å². The van der Waals surface area contributed by atoms with Crippen LogP contribution in [0.4, 0.5) is 5.69 Å². The minimum absolute atomic E-state index is 0.0199. The van der Waals surface area contributed by atoms with Crippen LogP contribution in [0.3, 0.4) is 0 Å². The van der Waals surface area contributed by atoms with Crippen LogP contribution in [0.25, 0.3) is 0 Å². The summed E-state index contributed by atoms with van der Waals surface area (Å²) < 4.78 is 0. The number of anilines is 1. The van der Waals surface area contributed by atoms with Gasteiger partial charge in [-0.05, 0) is 30.7 Å². The van der Waals surface area contributed by atoms with Crippen molar-refractivity contribution in [3.8, 4) is 0 Å². The van der Waals surface area contributed by atoms with Crippen LogP contribution in [-0.2, 0) is 4.79 Å². The maximum Gasteiger partial charge on any atom is 0.246 e. The molecule has 1 aliphatic rings. The number of benzene rings is 1. The highest BCUT2D eigenvalue weighted by atomic mass is 16.3. The van der Waals surface area contributed by atoms with Gasteiger partial charge in [-0.1, -0.05) is 26.0 Å². The van der Waals surface area contributed by atoms with E-state index in [0.717, 1.165) is 12.2 Å². The summed E-state index contributed by atoms with van der Waals surface area (Å²) in [6.07, 6.45) is 0. The summed E-state index contributed by atoms with van der Waals surface area (Å²) in [4.78, 5) is 16.0. The van der Waals surface area contributed by atoms with Crippen molar-refractivity contribution in [2.24, 2.45) is 0 Å². The Labute approximate surface area is 114 Å². The van der Waals surface area contributed by atoms with Gasteiger partial charge in [0, 0.05) is 18.8 Å². The van der Waals surface area contributed by atoms with Crippen molar-refractivity contribution in [2.75, 3.05) is 31.6 Å². The quantitative estimate of drug-likeness (QED) is 0.896. The number of aliphatic hydroxyl groups excluding tert-OH is 1. The molecule has 104 valence electrons. The summed E-state index contributed by atoms with van der Waals surface area (Å²) in [7, 11) is 1.87. The molecule has 0 bridgehead atoms. The van der Waals surface area contributed by atoms with E-state index in [1.807, 2.05) is 24.1 Å². The van der Waals surface area contributed by atoms with Gasteiger partial charge in [0.25, 0.3) is 0 Å². The number of hydrogen-bond acceptors (Lipinski definition) is 3. The fraction of sp³-hybridized carbons (Fsp3) is 0.533. The van der Waals surface area contributed by atoms with Crippen LogP contribution in [0.15, 0.2) is 24.3 Å². The molecule has 0 radical (unpaired) electrons. The molecule has 0 aromatic heterocycles. The third-order valence-electron chi connectivity index (χ3n) is 3.80. The van der Waals surface area contributed by atoms with Gasteiger partial charge in [0.05, 0.1) is 6.61 Å². The molecule has 1 unspecified atom stereocenters. The van der Waals surface area contributed by atoms with Crippen LogP contribution in [0.1, 0.15) is 25.3 Å². The molecule has 1 aliphatic heterocycles. The summed E-state index contributed by atoms with van der Waals surface area (Å²) in [5, 5.41) is 9.32. The van der Waals surface area contributed by atoms with Crippen molar-refractivity contribution in [3.05, 3.63) is 29.8 Å². The number of carbonyl (C=O) groups is 1. The Hall–Kier alpha value is -1.39. The van der Waals surface area contributed by atoms with Gasteiger partial charge in [-0.3, -0.25) is 9.69 Å². The molecule has 4 heteroatoms. The second kappa shape index (κ2) is 5.72. The van der Waals surface area contributed by atoms with E-state index in [-0.39, 0.29) is 12.5 Å². The zero-order valence-electron chi connectivity index (χ0n) is 11.8. The molecule has 4 nitrogen and oxygen atoms in total. The Morgan fingerprint density at radius 3 is 2.42 bits per heavy atom. The molecule has 1 atom stereocenters. The lowest BCUT2D eigenvalue weighted by atomic mass is 10.0. The lowest BCUT2D eigenvalue weighted by molar-refractivity contribution is -0.126. The third kappa shape index (κ3) is 2.80. The average molecular weight is 262 g/mol. The SMILES string of the molecule is CC(C)c1ccc(N2CCN(C)C(CO)C2=O)cc1. The normalized spacial score (nSPS) is 21.2. The molecule has 0 aliphatic carbocycles. The molecule has 19 heavy (non-hydrogen) atoms. The highest BCUT2D eigenvalue weighted by Crippen LogP contribution is 2.22. The van der Waals surface area contributed by atoms with Gasteiger partial charge in [0.2, 0.25) is 5.91 Å². The number of likely N-dealkylation sites (N-methyl/N-ethyl adjacent to an activating group) is 1. The molecule has 1 aromatic rings. The third-order valence-corrected chi connectivity index (χ3v) is 3.80. The Kier molecular flexibility index (Phi) is 4.22. The predicted octanol–water partition coefficient (Wildman–Crippen LogP) is 1.45. The van der Waals surface area contributed by atoms with E-state index in [1.54, 1.807) is 4.90 Å². The predicted molar refractivity (Wildman–Crippen MR) is 76.4 cm³/mol. The van der Waals surface area contributed by atoms with E-state index >= 15 is 0 Å². The standard InChI is InChI=1S/C15H22N2O2/c1-11(2)12-4-6-13(7-5-12)17-9-8-16(3)14(10-18)15(17)19/h4-7,11,14,18H,8-10H2,1-3H3. The van der Waals surface area contributed by atoms with Crippen molar-refractivity contribution in [2.45, 2.75) is 25.8 Å². The number of carbonyl (C=O) groups excluding carboxylic acids is 1. The molecule has 0 saturated carbocycles. The summed E-state index contributed by atoms with van der Waals surface area (Å²) in [5.74, 6) is 0.468. The van der Waals surface area contributed by atoms with Crippen molar-refractivity contribution in [1.29, 1.82) is 0 Å². The van der Waals surface area contributed by atoms with Crippen LogP contribution < -0.4 is 4.90 Å². The number of nitrogens with zero attached hydrogens (tertiary/aromatic N) is 2. The average Bonchev–Trinajstić information content (AvgIpc) is 2.39. The first kappa shape index (κ1) is 14.0. The number of amides is 1. The lowest BCUT2D eigenvalue weighted by Crippen LogP contribution is -2.57. The molecule has 0 spiro atoms.